The lowest BCUT2D eigenvalue weighted by molar-refractivity contribution is -0.141. The van der Waals surface area contributed by atoms with Crippen LogP contribution in [0.5, 0.6) is 0 Å². The molecule has 0 aromatic heterocycles. The Labute approximate surface area is 180 Å². The Bertz CT molecular complexity index is 722. The monoisotopic (exact) mass is 411 g/mol. The fourth-order valence-electron chi connectivity index (χ4n) is 5.27. The summed E-state index contributed by atoms with van der Waals surface area (Å²) in [5, 5.41) is 3.03. The maximum absolute atomic E-state index is 13.5. The molecule has 3 fully saturated rings. The average Bonchev–Trinajstić information content (AvgIpc) is 2.73. The van der Waals surface area contributed by atoms with Crippen molar-refractivity contribution in [3.63, 3.8) is 0 Å². The van der Waals surface area contributed by atoms with Crippen LogP contribution < -0.4 is 11.1 Å². The van der Waals surface area contributed by atoms with E-state index in [1.165, 1.54) is 12.8 Å². The summed E-state index contributed by atoms with van der Waals surface area (Å²) in [6.45, 7) is 0.616. The first-order valence-corrected chi connectivity index (χ1v) is 12.1. The van der Waals surface area contributed by atoms with Crippen LogP contribution in [-0.4, -0.2) is 28.8 Å². The van der Waals surface area contributed by atoms with Crippen LogP contribution >= 0.6 is 0 Å². The fraction of sp³-hybridized carbons (Fsp3) is 0.680. The van der Waals surface area contributed by atoms with Crippen molar-refractivity contribution in [2.24, 2.45) is 17.6 Å². The minimum Gasteiger partial charge on any atom is -0.334 e. The zero-order valence-electron chi connectivity index (χ0n) is 18.2. The molecule has 2 atom stereocenters. The molecule has 3 aliphatic rings. The third-order valence-electron chi connectivity index (χ3n) is 7.47. The Balaban J connectivity index is 1.44. The number of rotatable bonds is 6. The van der Waals surface area contributed by atoms with Crippen LogP contribution in [0.4, 0.5) is 5.69 Å². The summed E-state index contributed by atoms with van der Waals surface area (Å²) < 4.78 is 0. The smallest absolute Gasteiger partial charge is 0.227 e. The summed E-state index contributed by atoms with van der Waals surface area (Å²) in [6.07, 6.45) is 13.1. The van der Waals surface area contributed by atoms with Crippen LogP contribution in [0.15, 0.2) is 24.3 Å². The Morgan fingerprint density at radius 3 is 2.10 bits per heavy atom. The third kappa shape index (κ3) is 5.05. The van der Waals surface area contributed by atoms with Crippen molar-refractivity contribution in [1.82, 2.24) is 4.90 Å². The normalized spacial score (nSPS) is 25.4. The molecule has 1 aromatic carbocycles. The van der Waals surface area contributed by atoms with Gasteiger partial charge in [0.15, 0.2) is 0 Å². The number of hydrogen-bond acceptors (Lipinski definition) is 3. The highest BCUT2D eigenvalue weighted by Crippen LogP contribution is 2.31. The Kier molecular flexibility index (Phi) is 7.08. The molecule has 30 heavy (non-hydrogen) atoms. The number of nitrogens with one attached hydrogen (secondary N) is 1. The largest absolute Gasteiger partial charge is 0.334 e. The summed E-state index contributed by atoms with van der Waals surface area (Å²) in [4.78, 5) is 27.8. The Hall–Kier alpha value is -1.88. The first-order chi connectivity index (χ1) is 14.6. The average molecular weight is 412 g/mol. The lowest BCUT2D eigenvalue weighted by Gasteiger charge is -2.40. The van der Waals surface area contributed by atoms with Crippen LogP contribution in [-0.2, 0) is 16.1 Å². The van der Waals surface area contributed by atoms with Crippen molar-refractivity contribution in [3.05, 3.63) is 29.8 Å². The molecule has 164 valence electrons. The van der Waals surface area contributed by atoms with Gasteiger partial charge in [-0.1, -0.05) is 50.7 Å². The Morgan fingerprint density at radius 2 is 1.47 bits per heavy atom. The second-order valence-corrected chi connectivity index (χ2v) is 9.63. The highest BCUT2D eigenvalue weighted by atomic mass is 16.2. The molecule has 2 unspecified atom stereocenters. The van der Waals surface area contributed by atoms with Gasteiger partial charge in [-0.15, -0.1) is 0 Å². The van der Waals surface area contributed by atoms with Gasteiger partial charge >= 0.3 is 0 Å². The molecular weight excluding hydrogens is 374 g/mol. The molecule has 0 radical (unpaired) electrons. The number of hydrogen-bond donors (Lipinski definition) is 2. The number of nitrogens with two attached hydrogens (primary N) is 1. The van der Waals surface area contributed by atoms with Crippen molar-refractivity contribution < 1.29 is 9.59 Å². The highest BCUT2D eigenvalue weighted by Gasteiger charge is 2.34. The predicted octanol–water partition coefficient (Wildman–Crippen LogP) is 4.60. The van der Waals surface area contributed by atoms with Crippen LogP contribution in [0.3, 0.4) is 0 Å². The van der Waals surface area contributed by atoms with Crippen LogP contribution in [0.25, 0.3) is 0 Å². The van der Waals surface area contributed by atoms with Gasteiger partial charge in [0.1, 0.15) is 0 Å². The number of anilines is 1. The number of nitrogens with zero attached hydrogens (tertiary/aromatic N) is 1. The zero-order chi connectivity index (χ0) is 20.9. The molecule has 5 nitrogen and oxygen atoms in total. The van der Waals surface area contributed by atoms with Crippen molar-refractivity contribution in [2.45, 2.75) is 95.7 Å². The molecule has 5 heteroatoms. The molecule has 0 aliphatic heterocycles. The molecule has 3 N–H and O–H groups in total. The van der Waals surface area contributed by atoms with E-state index in [-0.39, 0.29) is 29.8 Å². The molecule has 3 saturated carbocycles. The molecule has 1 aromatic rings. The fourth-order valence-corrected chi connectivity index (χ4v) is 5.27. The second kappa shape index (κ2) is 9.95. The molecular formula is C25H37N3O2. The zero-order valence-corrected chi connectivity index (χ0v) is 18.2. The van der Waals surface area contributed by atoms with Crippen molar-refractivity contribution in [2.75, 3.05) is 5.32 Å². The van der Waals surface area contributed by atoms with E-state index in [1.807, 2.05) is 24.3 Å². The number of amides is 2. The van der Waals surface area contributed by atoms with E-state index < -0.39 is 0 Å². The molecule has 0 heterocycles. The molecule has 2 amide bonds. The number of carbonyl (C=O) groups is 2. The second-order valence-electron chi connectivity index (χ2n) is 9.63. The van der Waals surface area contributed by atoms with E-state index in [1.54, 1.807) is 0 Å². The van der Waals surface area contributed by atoms with Crippen molar-refractivity contribution in [3.8, 4) is 0 Å². The number of carbonyl (C=O) groups excluding carboxylic acids is 2. The quantitative estimate of drug-likeness (QED) is 0.718. The first kappa shape index (κ1) is 21.4. The SMILES string of the molecule is NC1CCCCC1N(Cc1ccc(NC(=O)C2CCC2)cc1)C(=O)C1CCCCC1. The summed E-state index contributed by atoms with van der Waals surface area (Å²) in [6, 6.07) is 8.25. The van der Waals surface area contributed by atoms with Crippen molar-refractivity contribution >= 4 is 17.5 Å². The maximum Gasteiger partial charge on any atom is 0.227 e. The molecule has 4 rings (SSSR count). The summed E-state index contributed by atoms with van der Waals surface area (Å²) in [5.74, 6) is 0.783. The van der Waals surface area contributed by atoms with E-state index in [0.29, 0.717) is 12.5 Å². The standard InChI is InChI=1S/C25H37N3O2/c26-22-11-4-5-12-23(22)28(25(30)20-7-2-1-3-8-20)17-18-13-15-21(16-14-18)27-24(29)19-9-6-10-19/h13-16,19-20,22-23H,1-12,17,26H2,(H,27,29). The van der Waals surface area contributed by atoms with E-state index in [4.69, 9.17) is 5.73 Å². The molecule has 0 saturated heterocycles. The molecule has 0 spiro atoms. The van der Waals surface area contributed by atoms with Gasteiger partial charge in [-0.3, -0.25) is 9.59 Å². The summed E-state index contributed by atoms with van der Waals surface area (Å²) in [7, 11) is 0. The predicted molar refractivity (Wildman–Crippen MR) is 120 cm³/mol. The molecule has 3 aliphatic carbocycles. The summed E-state index contributed by atoms with van der Waals surface area (Å²) >= 11 is 0. The van der Waals surface area contributed by atoms with Gasteiger partial charge < -0.3 is 16.0 Å². The minimum atomic E-state index is 0.0762. The topological polar surface area (TPSA) is 75.4 Å². The highest BCUT2D eigenvalue weighted by molar-refractivity contribution is 5.93. The van der Waals surface area contributed by atoms with Gasteiger partial charge in [0.25, 0.3) is 0 Å². The molecule has 0 bridgehead atoms. The van der Waals surface area contributed by atoms with Gasteiger partial charge in [0, 0.05) is 36.2 Å². The maximum atomic E-state index is 13.5. The van der Waals surface area contributed by atoms with Gasteiger partial charge in [-0.05, 0) is 56.2 Å². The first-order valence-electron chi connectivity index (χ1n) is 12.1. The minimum absolute atomic E-state index is 0.0762. The van der Waals surface area contributed by atoms with Crippen LogP contribution in [0.2, 0.25) is 0 Å². The van der Waals surface area contributed by atoms with Crippen LogP contribution in [0.1, 0.15) is 82.6 Å². The van der Waals surface area contributed by atoms with Gasteiger partial charge in [-0.2, -0.15) is 0 Å². The lowest BCUT2D eigenvalue weighted by Crippen LogP contribution is -2.53. The summed E-state index contributed by atoms with van der Waals surface area (Å²) in [5.41, 5.74) is 8.44. The Morgan fingerprint density at radius 1 is 0.833 bits per heavy atom. The van der Waals surface area contributed by atoms with Crippen molar-refractivity contribution in [1.29, 1.82) is 0 Å². The van der Waals surface area contributed by atoms with E-state index >= 15 is 0 Å². The van der Waals surface area contributed by atoms with Gasteiger partial charge in [0.2, 0.25) is 11.8 Å². The lowest BCUT2D eigenvalue weighted by atomic mass is 9.85. The number of benzene rings is 1. The third-order valence-corrected chi connectivity index (χ3v) is 7.47. The van der Waals surface area contributed by atoms with Crippen LogP contribution in [0, 0.1) is 11.8 Å². The van der Waals surface area contributed by atoms with E-state index in [9.17, 15) is 9.59 Å². The van der Waals surface area contributed by atoms with Gasteiger partial charge in [0.05, 0.1) is 0 Å². The van der Waals surface area contributed by atoms with Gasteiger partial charge in [-0.25, -0.2) is 0 Å². The van der Waals surface area contributed by atoms with E-state index in [2.05, 4.69) is 10.2 Å². The van der Waals surface area contributed by atoms with E-state index in [0.717, 1.165) is 75.5 Å².